The summed E-state index contributed by atoms with van der Waals surface area (Å²) in [6, 6.07) is 9.98. The van der Waals surface area contributed by atoms with Gasteiger partial charge in [0.2, 0.25) is 0 Å². The molecule has 0 fully saturated rings. The van der Waals surface area contributed by atoms with Crippen LogP contribution in [0.1, 0.15) is 30.1 Å². The summed E-state index contributed by atoms with van der Waals surface area (Å²) in [4.78, 5) is 4.55. The Hall–Kier alpha value is -1.68. The zero-order valence-corrected chi connectivity index (χ0v) is 17.3. The van der Waals surface area contributed by atoms with Crippen molar-refractivity contribution in [3.63, 3.8) is 0 Å². The molecule has 0 bridgehead atoms. The lowest BCUT2D eigenvalue weighted by atomic mass is 10.0. The Bertz CT molecular complexity index is 658. The van der Waals surface area contributed by atoms with E-state index in [1.807, 2.05) is 55.8 Å². The van der Waals surface area contributed by atoms with E-state index in [9.17, 15) is 5.11 Å². The van der Waals surface area contributed by atoms with Crippen molar-refractivity contribution in [1.82, 2.24) is 25.4 Å². The van der Waals surface area contributed by atoms with Gasteiger partial charge in [0.15, 0.2) is 11.8 Å². The molecule has 0 aliphatic rings. The number of rotatable bonds is 7. The van der Waals surface area contributed by atoms with Crippen LogP contribution in [0, 0.1) is 6.92 Å². The molecule has 0 saturated carbocycles. The van der Waals surface area contributed by atoms with E-state index in [2.05, 4.69) is 25.8 Å². The number of nitrogens with zero attached hydrogens (tertiary/aromatic N) is 4. The number of hydrogen-bond acceptors (Lipinski definition) is 4. The van der Waals surface area contributed by atoms with Crippen LogP contribution in [-0.2, 0) is 13.6 Å². The molecule has 0 aliphatic carbocycles. The largest absolute Gasteiger partial charge is 0.396 e. The second kappa shape index (κ2) is 11.0. The van der Waals surface area contributed by atoms with Crippen molar-refractivity contribution < 1.29 is 5.11 Å². The van der Waals surface area contributed by atoms with Crippen LogP contribution in [0.15, 0.2) is 35.3 Å². The van der Waals surface area contributed by atoms with E-state index in [4.69, 9.17) is 0 Å². The van der Waals surface area contributed by atoms with Gasteiger partial charge in [0.05, 0.1) is 6.61 Å². The van der Waals surface area contributed by atoms with Gasteiger partial charge in [-0.2, -0.15) is 0 Å². The summed E-state index contributed by atoms with van der Waals surface area (Å²) in [6.07, 6.45) is 0. The molecule has 7 nitrogen and oxygen atoms in total. The highest BCUT2D eigenvalue weighted by Crippen LogP contribution is 2.13. The highest BCUT2D eigenvalue weighted by molar-refractivity contribution is 14.0. The zero-order valence-electron chi connectivity index (χ0n) is 14.9. The number of aliphatic imine (C=N–C) groups is 1. The number of benzene rings is 1. The molecule has 0 aliphatic heterocycles. The summed E-state index contributed by atoms with van der Waals surface area (Å²) in [7, 11) is 1.93. The first-order valence-electron chi connectivity index (χ1n) is 8.18. The Morgan fingerprint density at radius 3 is 2.52 bits per heavy atom. The Balaban J connectivity index is 0.00000312. The lowest BCUT2D eigenvalue weighted by Gasteiger charge is -2.18. The van der Waals surface area contributed by atoms with Gasteiger partial charge in [-0.05, 0) is 19.4 Å². The van der Waals surface area contributed by atoms with Gasteiger partial charge in [-0.1, -0.05) is 30.3 Å². The Labute approximate surface area is 166 Å². The molecule has 138 valence electrons. The summed E-state index contributed by atoms with van der Waals surface area (Å²) >= 11 is 0. The van der Waals surface area contributed by atoms with Gasteiger partial charge in [0.25, 0.3) is 0 Å². The standard InChI is InChI=1S/C17H26N6O.HI/c1-4-18-17(20-11-16-22-21-13(2)23(16)3)19-10-15(12-24)14-8-6-5-7-9-14;/h5-9,15,24H,4,10-12H2,1-3H3,(H2,18,19,20);1H. The molecule has 2 rings (SSSR count). The first-order valence-corrected chi connectivity index (χ1v) is 8.18. The highest BCUT2D eigenvalue weighted by Gasteiger charge is 2.11. The average molecular weight is 458 g/mol. The molecule has 0 radical (unpaired) electrons. The fourth-order valence-electron chi connectivity index (χ4n) is 2.31. The third-order valence-corrected chi connectivity index (χ3v) is 3.91. The third kappa shape index (κ3) is 6.28. The van der Waals surface area contributed by atoms with Gasteiger partial charge in [-0.15, -0.1) is 34.2 Å². The number of halogens is 1. The van der Waals surface area contributed by atoms with Gasteiger partial charge in [-0.3, -0.25) is 0 Å². The second-order valence-electron chi connectivity index (χ2n) is 5.59. The SMILES string of the molecule is CCNC(=NCc1nnc(C)n1C)NCC(CO)c1ccccc1.I. The van der Waals surface area contributed by atoms with Gasteiger partial charge in [0, 0.05) is 26.1 Å². The highest BCUT2D eigenvalue weighted by atomic mass is 127. The summed E-state index contributed by atoms with van der Waals surface area (Å²) in [5, 5.41) is 24.3. The summed E-state index contributed by atoms with van der Waals surface area (Å²) in [6.45, 7) is 5.82. The molecule has 0 saturated heterocycles. The van der Waals surface area contributed by atoms with E-state index < -0.39 is 0 Å². The number of aliphatic hydroxyl groups excluding tert-OH is 1. The van der Waals surface area contributed by atoms with Crippen molar-refractivity contribution in [2.75, 3.05) is 19.7 Å². The van der Waals surface area contributed by atoms with Crippen LogP contribution in [0.2, 0.25) is 0 Å². The molecule has 0 amide bonds. The number of nitrogens with one attached hydrogen (secondary N) is 2. The smallest absolute Gasteiger partial charge is 0.191 e. The van der Waals surface area contributed by atoms with E-state index in [0.717, 1.165) is 23.8 Å². The van der Waals surface area contributed by atoms with Gasteiger partial charge < -0.3 is 20.3 Å². The third-order valence-electron chi connectivity index (χ3n) is 3.91. The maximum absolute atomic E-state index is 9.65. The Kier molecular flexibility index (Phi) is 9.43. The van der Waals surface area contributed by atoms with E-state index >= 15 is 0 Å². The van der Waals surface area contributed by atoms with E-state index in [1.165, 1.54) is 0 Å². The van der Waals surface area contributed by atoms with Crippen LogP contribution < -0.4 is 10.6 Å². The molecular weight excluding hydrogens is 431 g/mol. The number of hydrogen-bond donors (Lipinski definition) is 3. The summed E-state index contributed by atoms with van der Waals surface area (Å²) < 4.78 is 1.92. The van der Waals surface area contributed by atoms with Crippen molar-refractivity contribution in [2.24, 2.45) is 12.0 Å². The average Bonchev–Trinajstić information content (AvgIpc) is 2.93. The van der Waals surface area contributed by atoms with E-state index in [-0.39, 0.29) is 36.5 Å². The lowest BCUT2D eigenvalue weighted by Crippen LogP contribution is -2.40. The minimum atomic E-state index is 0. The number of aliphatic hydroxyl groups is 1. The van der Waals surface area contributed by atoms with Crippen LogP contribution in [0.5, 0.6) is 0 Å². The first kappa shape index (κ1) is 21.4. The van der Waals surface area contributed by atoms with Crippen molar-refractivity contribution in [3.05, 3.63) is 47.5 Å². The van der Waals surface area contributed by atoms with Crippen molar-refractivity contribution in [3.8, 4) is 0 Å². The number of guanidine groups is 1. The Morgan fingerprint density at radius 1 is 1.24 bits per heavy atom. The predicted octanol–water partition coefficient (Wildman–Crippen LogP) is 1.57. The van der Waals surface area contributed by atoms with Crippen LogP contribution in [0.3, 0.4) is 0 Å². The topological polar surface area (TPSA) is 87.4 Å². The zero-order chi connectivity index (χ0) is 17.4. The van der Waals surface area contributed by atoms with E-state index in [0.29, 0.717) is 19.0 Å². The molecule has 1 aromatic heterocycles. The molecule has 1 unspecified atom stereocenters. The fourth-order valence-corrected chi connectivity index (χ4v) is 2.31. The summed E-state index contributed by atoms with van der Waals surface area (Å²) in [5.41, 5.74) is 1.10. The van der Waals surface area contributed by atoms with Crippen molar-refractivity contribution in [1.29, 1.82) is 0 Å². The molecule has 2 aromatic rings. The quantitative estimate of drug-likeness (QED) is 0.333. The van der Waals surface area contributed by atoms with Gasteiger partial charge in [0.1, 0.15) is 12.4 Å². The molecule has 1 atom stereocenters. The normalized spacial score (nSPS) is 12.4. The second-order valence-corrected chi connectivity index (χ2v) is 5.59. The van der Waals surface area contributed by atoms with Crippen LogP contribution in [-0.4, -0.2) is 45.5 Å². The molecule has 3 N–H and O–H groups in total. The van der Waals surface area contributed by atoms with Crippen LogP contribution in [0.25, 0.3) is 0 Å². The van der Waals surface area contributed by atoms with E-state index in [1.54, 1.807) is 0 Å². The predicted molar refractivity (Wildman–Crippen MR) is 110 cm³/mol. The molecule has 8 heteroatoms. The molecule has 0 spiro atoms. The number of aryl methyl sites for hydroxylation is 1. The molecule has 1 heterocycles. The maximum atomic E-state index is 9.65. The lowest BCUT2D eigenvalue weighted by molar-refractivity contribution is 0.265. The summed E-state index contributed by atoms with van der Waals surface area (Å²) in [5.74, 6) is 2.40. The minimum Gasteiger partial charge on any atom is -0.396 e. The molecular formula is C17H27IN6O. The molecule has 25 heavy (non-hydrogen) atoms. The fraction of sp³-hybridized carbons (Fsp3) is 0.471. The van der Waals surface area contributed by atoms with Crippen LogP contribution >= 0.6 is 24.0 Å². The Morgan fingerprint density at radius 2 is 1.96 bits per heavy atom. The number of aromatic nitrogens is 3. The molecule has 1 aromatic carbocycles. The van der Waals surface area contributed by atoms with Gasteiger partial charge in [-0.25, -0.2) is 4.99 Å². The van der Waals surface area contributed by atoms with Gasteiger partial charge >= 0.3 is 0 Å². The monoisotopic (exact) mass is 458 g/mol. The van der Waals surface area contributed by atoms with Crippen molar-refractivity contribution in [2.45, 2.75) is 26.3 Å². The first-order chi connectivity index (χ1) is 11.7. The van der Waals surface area contributed by atoms with Crippen molar-refractivity contribution >= 4 is 29.9 Å². The maximum Gasteiger partial charge on any atom is 0.191 e. The van der Waals surface area contributed by atoms with Crippen LogP contribution in [0.4, 0.5) is 0 Å². The minimum absolute atomic E-state index is 0.